The van der Waals surface area contributed by atoms with Gasteiger partial charge in [-0.25, -0.2) is 0 Å². The Morgan fingerprint density at radius 2 is 1.77 bits per heavy atom. The highest BCUT2D eigenvalue weighted by atomic mass is 32.2. The third kappa shape index (κ3) is 2.45. The first-order chi connectivity index (χ1) is 6.15. The molecule has 1 rings (SSSR count). The van der Waals surface area contributed by atoms with E-state index >= 15 is 0 Å². The van der Waals surface area contributed by atoms with E-state index in [1.165, 1.54) is 0 Å². The summed E-state index contributed by atoms with van der Waals surface area (Å²) < 4.78 is 11.5. The molecule has 0 aromatic heterocycles. The average Bonchev–Trinajstić information content (AvgIpc) is 2.17. The van der Waals surface area contributed by atoms with Crippen molar-refractivity contribution in [3.05, 3.63) is 29.2 Å². The molecule has 0 fully saturated rings. The second kappa shape index (κ2) is 4.28. The van der Waals surface area contributed by atoms with Crippen LogP contribution < -0.4 is 0 Å². The van der Waals surface area contributed by atoms with Crippen LogP contribution in [0.3, 0.4) is 0 Å². The van der Waals surface area contributed by atoms with Crippen molar-refractivity contribution in [2.45, 2.75) is 24.0 Å². The van der Waals surface area contributed by atoms with Gasteiger partial charge in [0.1, 0.15) is 5.69 Å². The summed E-state index contributed by atoms with van der Waals surface area (Å²) in [5.74, 6) is 0. The Morgan fingerprint density at radius 1 is 1.23 bits per heavy atom. The van der Waals surface area contributed by atoms with Crippen molar-refractivity contribution < 1.29 is 4.21 Å². The fourth-order valence-electron chi connectivity index (χ4n) is 0.913. The van der Waals surface area contributed by atoms with Crippen LogP contribution in [-0.4, -0.2) is 9.46 Å². The second-order valence-corrected chi connectivity index (χ2v) is 4.94. The molecule has 0 N–H and O–H groups in total. The Balaban J connectivity index is 2.92. The minimum absolute atomic E-state index is 0.0926. The molecule has 0 radical (unpaired) electrons. The predicted octanol–water partition coefficient (Wildman–Crippen LogP) is 2.60. The number of nitroso groups, excluding NO2 is 1. The molecule has 1 aromatic rings. The molecule has 0 amide bonds. The van der Waals surface area contributed by atoms with Crippen LogP contribution in [0, 0.1) is 4.91 Å². The van der Waals surface area contributed by atoms with Crippen LogP contribution >= 0.6 is 0 Å². The van der Waals surface area contributed by atoms with Crippen molar-refractivity contribution in [3.63, 3.8) is 0 Å². The molecule has 0 aliphatic carbocycles. The zero-order valence-corrected chi connectivity index (χ0v) is 8.38. The van der Waals surface area contributed by atoms with Crippen LogP contribution in [0.25, 0.3) is 0 Å². The SMILES string of the molecule is CC(C)S(=O)c1ccc(N=O)cc1. The highest BCUT2D eigenvalue weighted by molar-refractivity contribution is 7.85. The van der Waals surface area contributed by atoms with Gasteiger partial charge in [0, 0.05) is 10.1 Å². The molecule has 4 heteroatoms. The number of rotatable bonds is 3. The number of benzene rings is 1. The lowest BCUT2D eigenvalue weighted by Crippen LogP contribution is -2.05. The molecule has 0 saturated heterocycles. The lowest BCUT2D eigenvalue weighted by molar-refractivity contribution is 0.677. The Morgan fingerprint density at radius 3 is 2.15 bits per heavy atom. The summed E-state index contributed by atoms with van der Waals surface area (Å²) in [6.07, 6.45) is 0. The lowest BCUT2D eigenvalue weighted by Gasteiger charge is -2.04. The molecule has 3 nitrogen and oxygen atoms in total. The minimum Gasteiger partial charge on any atom is -0.254 e. The molecule has 1 atom stereocenters. The molecular weight excluding hydrogens is 186 g/mol. The van der Waals surface area contributed by atoms with Crippen molar-refractivity contribution in [2.75, 3.05) is 0 Å². The zero-order chi connectivity index (χ0) is 9.84. The van der Waals surface area contributed by atoms with Gasteiger partial charge in [-0.15, -0.1) is 4.91 Å². The molecule has 0 heterocycles. The van der Waals surface area contributed by atoms with Gasteiger partial charge in [0.25, 0.3) is 0 Å². The topological polar surface area (TPSA) is 46.5 Å². The number of nitrogens with zero attached hydrogens (tertiary/aromatic N) is 1. The first-order valence-electron chi connectivity index (χ1n) is 3.99. The maximum absolute atomic E-state index is 11.5. The van der Waals surface area contributed by atoms with E-state index in [0.29, 0.717) is 5.69 Å². The molecule has 0 aliphatic heterocycles. The molecule has 1 aromatic carbocycles. The maximum atomic E-state index is 11.5. The van der Waals surface area contributed by atoms with Gasteiger partial charge in [-0.3, -0.25) is 4.21 Å². The first-order valence-corrected chi connectivity index (χ1v) is 5.20. The van der Waals surface area contributed by atoms with Gasteiger partial charge >= 0.3 is 0 Å². The van der Waals surface area contributed by atoms with Crippen LogP contribution in [0.1, 0.15) is 13.8 Å². The van der Waals surface area contributed by atoms with E-state index in [9.17, 15) is 9.12 Å². The van der Waals surface area contributed by atoms with E-state index in [1.54, 1.807) is 24.3 Å². The van der Waals surface area contributed by atoms with Crippen molar-refractivity contribution in [1.82, 2.24) is 0 Å². The van der Waals surface area contributed by atoms with Crippen LogP contribution in [0.4, 0.5) is 5.69 Å². The summed E-state index contributed by atoms with van der Waals surface area (Å²) >= 11 is 0. The fourth-order valence-corrected chi connectivity index (χ4v) is 1.86. The molecule has 0 bridgehead atoms. The van der Waals surface area contributed by atoms with E-state index in [0.717, 1.165) is 4.90 Å². The molecule has 13 heavy (non-hydrogen) atoms. The second-order valence-electron chi connectivity index (χ2n) is 2.93. The summed E-state index contributed by atoms with van der Waals surface area (Å²) in [6.45, 7) is 3.78. The standard InChI is InChI=1S/C9H11NO2S/c1-7(2)13(12)9-5-3-8(10-11)4-6-9/h3-7H,1-2H3. The molecule has 0 aliphatic rings. The van der Waals surface area contributed by atoms with E-state index in [1.807, 2.05) is 13.8 Å². The molecule has 0 spiro atoms. The van der Waals surface area contributed by atoms with Gasteiger partial charge in [-0.05, 0) is 29.4 Å². The highest BCUT2D eigenvalue weighted by Gasteiger charge is 2.07. The Hall–Kier alpha value is -1.03. The van der Waals surface area contributed by atoms with Crippen LogP contribution in [0.5, 0.6) is 0 Å². The summed E-state index contributed by atoms with van der Waals surface area (Å²) in [4.78, 5) is 10.8. The summed E-state index contributed by atoms with van der Waals surface area (Å²) in [5.41, 5.74) is 0.365. The summed E-state index contributed by atoms with van der Waals surface area (Å²) in [7, 11) is -0.989. The van der Waals surface area contributed by atoms with Gasteiger partial charge in [0.2, 0.25) is 0 Å². The molecule has 70 valence electrons. The maximum Gasteiger partial charge on any atom is 0.108 e. The van der Waals surface area contributed by atoms with E-state index in [4.69, 9.17) is 0 Å². The third-order valence-electron chi connectivity index (χ3n) is 1.60. The molecular formula is C9H11NO2S. The van der Waals surface area contributed by atoms with E-state index in [-0.39, 0.29) is 5.25 Å². The van der Waals surface area contributed by atoms with Gasteiger partial charge in [0.05, 0.1) is 10.8 Å². The Bertz CT molecular complexity index is 319. The highest BCUT2D eigenvalue weighted by Crippen LogP contribution is 2.16. The van der Waals surface area contributed by atoms with E-state index < -0.39 is 10.8 Å². The van der Waals surface area contributed by atoms with Gasteiger partial charge < -0.3 is 0 Å². The Labute approximate surface area is 79.6 Å². The first kappa shape index (κ1) is 10.1. The monoisotopic (exact) mass is 197 g/mol. The summed E-state index contributed by atoms with van der Waals surface area (Å²) in [5, 5.41) is 2.86. The summed E-state index contributed by atoms with van der Waals surface area (Å²) in [6, 6.07) is 6.49. The zero-order valence-electron chi connectivity index (χ0n) is 7.56. The van der Waals surface area contributed by atoms with Crippen LogP contribution in [0.2, 0.25) is 0 Å². The predicted molar refractivity (Wildman–Crippen MR) is 53.4 cm³/mol. The number of hydrogen-bond donors (Lipinski definition) is 0. The Kier molecular flexibility index (Phi) is 3.31. The van der Waals surface area contributed by atoms with Crippen LogP contribution in [-0.2, 0) is 10.8 Å². The van der Waals surface area contributed by atoms with Gasteiger partial charge in [0.15, 0.2) is 0 Å². The molecule has 0 saturated carbocycles. The molecule has 1 unspecified atom stereocenters. The minimum atomic E-state index is -0.989. The third-order valence-corrected chi connectivity index (χ3v) is 3.20. The number of hydrogen-bond acceptors (Lipinski definition) is 3. The van der Waals surface area contributed by atoms with Crippen molar-refractivity contribution in [2.24, 2.45) is 5.18 Å². The normalized spacial score (nSPS) is 12.8. The van der Waals surface area contributed by atoms with Crippen molar-refractivity contribution in [3.8, 4) is 0 Å². The lowest BCUT2D eigenvalue weighted by atomic mass is 10.3. The van der Waals surface area contributed by atoms with Gasteiger partial charge in [-0.1, -0.05) is 13.8 Å². The van der Waals surface area contributed by atoms with Gasteiger partial charge in [-0.2, -0.15) is 0 Å². The quantitative estimate of drug-likeness (QED) is 0.699. The average molecular weight is 197 g/mol. The van der Waals surface area contributed by atoms with Crippen molar-refractivity contribution >= 4 is 16.5 Å². The fraction of sp³-hybridized carbons (Fsp3) is 0.333. The van der Waals surface area contributed by atoms with E-state index in [2.05, 4.69) is 5.18 Å². The smallest absolute Gasteiger partial charge is 0.108 e. The van der Waals surface area contributed by atoms with Crippen LogP contribution in [0.15, 0.2) is 34.3 Å². The largest absolute Gasteiger partial charge is 0.254 e. The van der Waals surface area contributed by atoms with Crippen molar-refractivity contribution in [1.29, 1.82) is 0 Å².